The molecule has 2 N–H and O–H groups in total. The molecule has 8 nitrogen and oxygen atoms in total. The van der Waals surface area contributed by atoms with Gasteiger partial charge in [-0.2, -0.15) is 8.42 Å². The first-order valence-corrected chi connectivity index (χ1v) is 8.47. The van der Waals surface area contributed by atoms with Crippen LogP contribution in [0.1, 0.15) is 17.5 Å². The van der Waals surface area contributed by atoms with Crippen molar-refractivity contribution >= 4 is 48.9 Å². The van der Waals surface area contributed by atoms with Crippen molar-refractivity contribution < 1.29 is 13.2 Å². The number of amides is 1. The Morgan fingerprint density at radius 2 is 1.85 bits per heavy atom. The molecule has 2 aromatic heterocycles. The fourth-order valence-electron chi connectivity index (χ4n) is 1.19. The summed E-state index contributed by atoms with van der Waals surface area (Å²) in [4.78, 5) is 15.9. The van der Waals surface area contributed by atoms with E-state index in [0.29, 0.717) is 0 Å². The molecule has 2 heterocycles. The van der Waals surface area contributed by atoms with Crippen LogP contribution < -0.4 is 10.0 Å². The Morgan fingerprint density at radius 3 is 2.40 bits per heavy atom. The minimum atomic E-state index is -3.84. The van der Waals surface area contributed by atoms with Gasteiger partial charge in [0.15, 0.2) is 5.13 Å². The predicted molar refractivity (Wildman–Crippen MR) is 76.6 cm³/mol. The van der Waals surface area contributed by atoms with Gasteiger partial charge in [-0.3, -0.25) is 9.52 Å². The maximum atomic E-state index is 12.1. The van der Waals surface area contributed by atoms with E-state index < -0.39 is 10.0 Å². The maximum Gasteiger partial charge on any atom is 0.293 e. The molecule has 0 aliphatic carbocycles. The van der Waals surface area contributed by atoms with Gasteiger partial charge in [-0.25, -0.2) is 4.98 Å². The molecule has 0 saturated carbocycles. The van der Waals surface area contributed by atoms with Crippen LogP contribution in [-0.2, 0) is 14.8 Å². The number of thiazole rings is 1. The van der Waals surface area contributed by atoms with Gasteiger partial charge in [0.25, 0.3) is 14.4 Å². The molecule has 0 aliphatic rings. The van der Waals surface area contributed by atoms with Crippen LogP contribution in [0.2, 0.25) is 0 Å². The first-order valence-electron chi connectivity index (χ1n) is 5.36. The molecule has 0 spiro atoms. The van der Waals surface area contributed by atoms with Crippen LogP contribution in [0.15, 0.2) is 4.34 Å². The van der Waals surface area contributed by atoms with E-state index in [1.54, 1.807) is 6.92 Å². The van der Waals surface area contributed by atoms with Crippen molar-refractivity contribution in [1.29, 1.82) is 0 Å². The van der Waals surface area contributed by atoms with Crippen LogP contribution in [0.3, 0.4) is 0 Å². The van der Waals surface area contributed by atoms with Crippen molar-refractivity contribution in [3.8, 4) is 0 Å². The number of hydrogen-bond donors (Lipinski definition) is 2. The molecule has 11 heteroatoms. The molecule has 0 radical (unpaired) electrons. The third-order valence-corrected chi connectivity index (χ3v) is 5.83. The smallest absolute Gasteiger partial charge is 0.293 e. The largest absolute Gasteiger partial charge is 0.301 e. The average Bonchev–Trinajstić information content (AvgIpc) is 2.86. The molecule has 0 aromatic carbocycles. The SMILES string of the molecule is CC(=O)Nc1nnc(S(=O)(=O)Nc2nc(C)c(C)s2)s1. The Balaban J connectivity index is 2.21. The highest BCUT2D eigenvalue weighted by molar-refractivity contribution is 7.94. The van der Waals surface area contributed by atoms with Crippen LogP contribution in [0, 0.1) is 13.8 Å². The standard InChI is InChI=1S/C9H11N5O3S3/c1-4-5(2)18-8(10-4)14-20(16,17)9-13-12-7(19-9)11-6(3)15/h1-3H3,(H,10,14)(H,11,12,15). The third-order valence-electron chi connectivity index (χ3n) is 2.17. The fourth-order valence-corrected chi connectivity index (χ4v) is 4.19. The van der Waals surface area contributed by atoms with Crippen molar-refractivity contribution in [2.45, 2.75) is 25.1 Å². The second-order valence-electron chi connectivity index (χ2n) is 3.82. The van der Waals surface area contributed by atoms with Gasteiger partial charge in [0.1, 0.15) is 0 Å². The summed E-state index contributed by atoms with van der Waals surface area (Å²) >= 11 is 2.01. The fraction of sp³-hybridized carbons (Fsp3) is 0.333. The lowest BCUT2D eigenvalue weighted by atomic mass is 10.4. The van der Waals surface area contributed by atoms with E-state index in [9.17, 15) is 13.2 Å². The van der Waals surface area contributed by atoms with Crippen molar-refractivity contribution in [2.75, 3.05) is 10.0 Å². The van der Waals surface area contributed by atoms with Gasteiger partial charge in [0.2, 0.25) is 11.0 Å². The quantitative estimate of drug-likeness (QED) is 0.817. The number of sulfonamides is 1. The number of hydrogen-bond acceptors (Lipinski definition) is 8. The van der Waals surface area contributed by atoms with Crippen LogP contribution in [0.5, 0.6) is 0 Å². The molecule has 1 amide bonds. The van der Waals surface area contributed by atoms with Crippen molar-refractivity contribution in [3.05, 3.63) is 10.6 Å². The second-order valence-corrected chi connectivity index (χ2v) is 7.86. The summed E-state index contributed by atoms with van der Waals surface area (Å²) in [6.07, 6.45) is 0. The molecule has 0 atom stereocenters. The number of nitrogens with zero attached hydrogens (tertiary/aromatic N) is 3. The van der Waals surface area contributed by atoms with Crippen LogP contribution in [-0.4, -0.2) is 29.5 Å². The zero-order valence-corrected chi connectivity index (χ0v) is 13.2. The topological polar surface area (TPSA) is 114 Å². The van der Waals surface area contributed by atoms with E-state index in [-0.39, 0.29) is 20.5 Å². The molecule has 0 fully saturated rings. The normalized spacial score (nSPS) is 11.3. The first kappa shape index (κ1) is 14.8. The first-order chi connectivity index (χ1) is 9.28. The summed E-state index contributed by atoms with van der Waals surface area (Å²) in [6.45, 7) is 4.95. The van der Waals surface area contributed by atoms with Crippen molar-refractivity contribution in [2.24, 2.45) is 0 Å². The van der Waals surface area contributed by atoms with Gasteiger partial charge in [0.05, 0.1) is 5.69 Å². The number of aromatic nitrogens is 3. The third kappa shape index (κ3) is 3.29. The Labute approximate surface area is 123 Å². The van der Waals surface area contributed by atoms with Gasteiger partial charge >= 0.3 is 0 Å². The maximum absolute atomic E-state index is 12.1. The predicted octanol–water partition coefficient (Wildman–Crippen LogP) is 1.37. The Kier molecular flexibility index (Phi) is 4.01. The lowest BCUT2D eigenvalue weighted by Crippen LogP contribution is -2.12. The average molecular weight is 333 g/mol. The highest BCUT2D eigenvalue weighted by Gasteiger charge is 2.22. The summed E-state index contributed by atoms with van der Waals surface area (Å²) in [7, 11) is -3.84. The van der Waals surface area contributed by atoms with E-state index in [1.165, 1.54) is 18.3 Å². The van der Waals surface area contributed by atoms with Gasteiger partial charge in [0, 0.05) is 11.8 Å². The minimum Gasteiger partial charge on any atom is -0.301 e. The molecule has 0 bridgehead atoms. The molecule has 0 unspecified atom stereocenters. The highest BCUT2D eigenvalue weighted by Crippen LogP contribution is 2.26. The van der Waals surface area contributed by atoms with Crippen molar-refractivity contribution in [1.82, 2.24) is 15.2 Å². The Morgan fingerprint density at radius 1 is 1.15 bits per heavy atom. The monoisotopic (exact) mass is 333 g/mol. The van der Waals surface area contributed by atoms with Crippen LogP contribution in [0.4, 0.5) is 10.3 Å². The van der Waals surface area contributed by atoms with Gasteiger partial charge in [-0.15, -0.1) is 21.5 Å². The summed E-state index contributed by atoms with van der Waals surface area (Å²) in [5.41, 5.74) is 0.767. The van der Waals surface area contributed by atoms with Gasteiger partial charge in [-0.05, 0) is 13.8 Å². The molecule has 108 valence electrons. The number of carbonyl (C=O) groups excluding carboxylic acids is 1. The lowest BCUT2D eigenvalue weighted by Gasteiger charge is -1.99. The number of aryl methyl sites for hydroxylation is 2. The lowest BCUT2D eigenvalue weighted by molar-refractivity contribution is -0.114. The van der Waals surface area contributed by atoms with Crippen LogP contribution >= 0.6 is 22.7 Å². The Hall–Kier alpha value is -1.59. The Bertz CT molecular complexity index is 729. The number of rotatable bonds is 4. The van der Waals surface area contributed by atoms with Gasteiger partial charge in [-0.1, -0.05) is 11.3 Å². The van der Waals surface area contributed by atoms with Gasteiger partial charge < -0.3 is 5.32 Å². The summed E-state index contributed by atoms with van der Waals surface area (Å²) in [5, 5.41) is 9.91. The molecule has 0 aliphatic heterocycles. The van der Waals surface area contributed by atoms with Crippen molar-refractivity contribution in [3.63, 3.8) is 0 Å². The van der Waals surface area contributed by atoms with E-state index in [0.717, 1.165) is 21.9 Å². The molecule has 2 aromatic rings. The summed E-state index contributed by atoms with van der Waals surface area (Å²) in [5.74, 6) is -0.343. The molecule has 0 saturated heterocycles. The zero-order valence-electron chi connectivity index (χ0n) is 10.8. The molecular formula is C9H11N5O3S3. The minimum absolute atomic E-state index is 0.129. The number of carbonyl (C=O) groups is 1. The molecule has 20 heavy (non-hydrogen) atoms. The number of anilines is 2. The van der Waals surface area contributed by atoms with E-state index in [2.05, 4.69) is 25.2 Å². The van der Waals surface area contributed by atoms with E-state index >= 15 is 0 Å². The van der Waals surface area contributed by atoms with Crippen LogP contribution in [0.25, 0.3) is 0 Å². The summed E-state index contributed by atoms with van der Waals surface area (Å²) in [6, 6.07) is 0. The number of nitrogens with one attached hydrogen (secondary N) is 2. The zero-order chi connectivity index (χ0) is 14.9. The van der Waals surface area contributed by atoms with E-state index in [4.69, 9.17) is 0 Å². The summed E-state index contributed by atoms with van der Waals surface area (Å²) < 4.78 is 26.3. The molecule has 2 rings (SSSR count). The highest BCUT2D eigenvalue weighted by atomic mass is 32.2. The molecular weight excluding hydrogens is 322 g/mol. The second kappa shape index (κ2) is 5.42. The van der Waals surface area contributed by atoms with E-state index in [1.807, 2.05) is 6.92 Å².